The molecule has 0 spiro atoms. The van der Waals surface area contributed by atoms with E-state index in [1.165, 1.54) is 4.31 Å². The Morgan fingerprint density at radius 3 is 2.42 bits per heavy atom. The highest BCUT2D eigenvalue weighted by molar-refractivity contribution is 7.89. The zero-order chi connectivity index (χ0) is 23.6. The lowest BCUT2D eigenvalue weighted by atomic mass is 10.0. The molecule has 1 N–H and O–H groups in total. The second-order valence-corrected chi connectivity index (χ2v) is 10.1. The number of rotatable bonds is 8. The van der Waals surface area contributed by atoms with Crippen molar-refractivity contribution >= 4 is 27.7 Å². The Balaban J connectivity index is 1.24. The summed E-state index contributed by atoms with van der Waals surface area (Å²) in [6.07, 6.45) is 0.838. The standard InChI is InChI=1S/C23H25N3O6S/c1-32-18-8-7-17-14-25(11-9-16(17)13-18)33(30,31)12-4-10-24-21(27)15-26-22(28)19-5-2-3-6-20(19)23(26)29/h2-3,5-8,13H,4,9-12,14-15H2,1H3,(H,24,27). The topological polar surface area (TPSA) is 113 Å². The number of sulfonamides is 1. The summed E-state index contributed by atoms with van der Waals surface area (Å²) in [7, 11) is -1.89. The largest absolute Gasteiger partial charge is 0.497 e. The summed E-state index contributed by atoms with van der Waals surface area (Å²) in [5.74, 6) is -0.872. The second kappa shape index (κ2) is 9.32. The lowest BCUT2D eigenvalue weighted by molar-refractivity contribution is -0.121. The molecule has 4 rings (SSSR count). The molecule has 2 aromatic rings. The molecule has 2 aliphatic heterocycles. The van der Waals surface area contributed by atoms with Crippen LogP contribution >= 0.6 is 0 Å². The molecule has 0 saturated heterocycles. The van der Waals surface area contributed by atoms with Crippen LogP contribution in [-0.2, 0) is 27.8 Å². The number of fused-ring (bicyclic) bond motifs is 2. The Hall–Kier alpha value is -3.24. The van der Waals surface area contributed by atoms with Crippen molar-refractivity contribution in [2.75, 3.05) is 32.5 Å². The van der Waals surface area contributed by atoms with Gasteiger partial charge in [0.15, 0.2) is 0 Å². The molecule has 2 aliphatic rings. The molecule has 0 bridgehead atoms. The fourth-order valence-corrected chi connectivity index (χ4v) is 5.53. The maximum atomic E-state index is 12.7. The third kappa shape index (κ3) is 4.76. The van der Waals surface area contributed by atoms with Crippen LogP contribution in [-0.4, -0.2) is 67.8 Å². The van der Waals surface area contributed by atoms with Crippen LogP contribution in [0.3, 0.4) is 0 Å². The number of ether oxygens (including phenoxy) is 1. The molecule has 0 aromatic heterocycles. The quantitative estimate of drug-likeness (QED) is 0.457. The van der Waals surface area contributed by atoms with Gasteiger partial charge in [-0.2, -0.15) is 4.31 Å². The van der Waals surface area contributed by atoms with E-state index >= 15 is 0 Å². The summed E-state index contributed by atoms with van der Waals surface area (Å²) in [6, 6.07) is 12.1. The maximum absolute atomic E-state index is 12.7. The molecular formula is C23H25N3O6S. The number of carbonyl (C=O) groups excluding carboxylic acids is 3. The van der Waals surface area contributed by atoms with Crippen molar-refractivity contribution in [2.24, 2.45) is 0 Å². The van der Waals surface area contributed by atoms with E-state index in [1.54, 1.807) is 31.4 Å². The number of nitrogens with zero attached hydrogens (tertiary/aromatic N) is 2. The van der Waals surface area contributed by atoms with Crippen LogP contribution in [0.4, 0.5) is 0 Å². The van der Waals surface area contributed by atoms with Crippen molar-refractivity contribution in [3.05, 3.63) is 64.7 Å². The number of nitrogens with one attached hydrogen (secondary N) is 1. The first kappa shape index (κ1) is 22.9. The Kier molecular flexibility index (Phi) is 6.48. The fourth-order valence-electron chi connectivity index (χ4n) is 4.06. The number of imide groups is 1. The van der Waals surface area contributed by atoms with Crippen molar-refractivity contribution in [2.45, 2.75) is 19.4 Å². The van der Waals surface area contributed by atoms with Crippen LogP contribution in [0.1, 0.15) is 38.3 Å². The molecule has 174 valence electrons. The fraction of sp³-hybridized carbons (Fsp3) is 0.348. The number of methoxy groups -OCH3 is 1. The van der Waals surface area contributed by atoms with Crippen molar-refractivity contribution in [3.8, 4) is 5.75 Å². The number of carbonyl (C=O) groups is 3. The highest BCUT2D eigenvalue weighted by Crippen LogP contribution is 2.25. The van der Waals surface area contributed by atoms with Crippen LogP contribution in [0.25, 0.3) is 0 Å². The van der Waals surface area contributed by atoms with Gasteiger partial charge in [-0.25, -0.2) is 8.42 Å². The molecule has 3 amide bonds. The van der Waals surface area contributed by atoms with Gasteiger partial charge in [0.2, 0.25) is 15.9 Å². The van der Waals surface area contributed by atoms with Gasteiger partial charge >= 0.3 is 0 Å². The highest BCUT2D eigenvalue weighted by Gasteiger charge is 2.36. The molecule has 0 unspecified atom stereocenters. The lowest BCUT2D eigenvalue weighted by Crippen LogP contribution is -2.41. The molecule has 0 aliphatic carbocycles. The molecule has 2 aromatic carbocycles. The number of amides is 3. The monoisotopic (exact) mass is 471 g/mol. The van der Waals surface area contributed by atoms with Crippen LogP contribution in [0.5, 0.6) is 5.75 Å². The Morgan fingerprint density at radius 2 is 1.76 bits per heavy atom. The minimum atomic E-state index is -3.48. The van der Waals surface area contributed by atoms with Crippen molar-refractivity contribution < 1.29 is 27.5 Å². The summed E-state index contributed by atoms with van der Waals surface area (Å²) >= 11 is 0. The first-order chi connectivity index (χ1) is 15.8. The summed E-state index contributed by atoms with van der Waals surface area (Å²) in [6.45, 7) is 0.441. The Labute approximate surface area is 192 Å². The predicted octanol–water partition coefficient (Wildman–Crippen LogP) is 1.19. The molecular weight excluding hydrogens is 446 g/mol. The zero-order valence-corrected chi connectivity index (χ0v) is 19.1. The molecule has 2 heterocycles. The van der Waals surface area contributed by atoms with Gasteiger partial charge in [0.1, 0.15) is 12.3 Å². The Bertz CT molecular complexity index is 1180. The first-order valence-corrected chi connectivity index (χ1v) is 12.3. The van der Waals surface area contributed by atoms with E-state index in [2.05, 4.69) is 5.32 Å². The summed E-state index contributed by atoms with van der Waals surface area (Å²) in [5, 5.41) is 2.60. The van der Waals surface area contributed by atoms with Gasteiger partial charge in [-0.1, -0.05) is 18.2 Å². The molecule has 33 heavy (non-hydrogen) atoms. The third-order valence-corrected chi connectivity index (χ3v) is 7.77. The van der Waals surface area contributed by atoms with E-state index in [1.807, 2.05) is 18.2 Å². The molecule has 10 heteroatoms. The number of benzene rings is 2. The van der Waals surface area contributed by atoms with Gasteiger partial charge in [-0.3, -0.25) is 19.3 Å². The normalized spacial score (nSPS) is 15.8. The van der Waals surface area contributed by atoms with Crippen molar-refractivity contribution in [1.29, 1.82) is 0 Å². The van der Waals surface area contributed by atoms with E-state index in [9.17, 15) is 22.8 Å². The van der Waals surface area contributed by atoms with Gasteiger partial charge in [0, 0.05) is 19.6 Å². The molecule has 0 fully saturated rings. The third-order valence-electron chi connectivity index (χ3n) is 5.87. The van der Waals surface area contributed by atoms with E-state index in [-0.39, 0.29) is 29.8 Å². The molecule has 0 atom stereocenters. The van der Waals surface area contributed by atoms with Crippen LogP contribution in [0.15, 0.2) is 42.5 Å². The smallest absolute Gasteiger partial charge is 0.262 e. The zero-order valence-electron chi connectivity index (χ0n) is 18.2. The van der Waals surface area contributed by atoms with Crippen LogP contribution < -0.4 is 10.1 Å². The summed E-state index contributed by atoms with van der Waals surface area (Å²) in [5.41, 5.74) is 2.60. The van der Waals surface area contributed by atoms with Crippen molar-refractivity contribution in [3.63, 3.8) is 0 Å². The van der Waals surface area contributed by atoms with Gasteiger partial charge in [0.25, 0.3) is 11.8 Å². The second-order valence-electron chi connectivity index (χ2n) is 7.98. The lowest BCUT2D eigenvalue weighted by Gasteiger charge is -2.28. The van der Waals surface area contributed by atoms with Crippen LogP contribution in [0, 0.1) is 0 Å². The average Bonchev–Trinajstić information content (AvgIpc) is 3.06. The van der Waals surface area contributed by atoms with E-state index in [0.29, 0.717) is 19.5 Å². The maximum Gasteiger partial charge on any atom is 0.262 e. The Morgan fingerprint density at radius 1 is 1.06 bits per heavy atom. The average molecular weight is 472 g/mol. The minimum absolute atomic E-state index is 0.105. The molecule has 9 nitrogen and oxygen atoms in total. The van der Waals surface area contributed by atoms with E-state index < -0.39 is 34.3 Å². The minimum Gasteiger partial charge on any atom is -0.497 e. The molecule has 0 saturated carbocycles. The highest BCUT2D eigenvalue weighted by atomic mass is 32.2. The first-order valence-electron chi connectivity index (χ1n) is 10.7. The van der Waals surface area contributed by atoms with Gasteiger partial charge in [0.05, 0.1) is 24.0 Å². The predicted molar refractivity (Wildman–Crippen MR) is 120 cm³/mol. The van der Waals surface area contributed by atoms with E-state index in [4.69, 9.17) is 4.74 Å². The number of hydrogen-bond acceptors (Lipinski definition) is 6. The van der Waals surface area contributed by atoms with Gasteiger partial charge in [-0.15, -0.1) is 0 Å². The summed E-state index contributed by atoms with van der Waals surface area (Å²) < 4.78 is 32.2. The van der Waals surface area contributed by atoms with Crippen molar-refractivity contribution in [1.82, 2.24) is 14.5 Å². The van der Waals surface area contributed by atoms with Crippen LogP contribution in [0.2, 0.25) is 0 Å². The van der Waals surface area contributed by atoms with E-state index in [0.717, 1.165) is 21.8 Å². The SMILES string of the molecule is COc1ccc2c(c1)CCN(S(=O)(=O)CCCNC(=O)CN1C(=O)c3ccccc3C1=O)C2. The number of hydrogen-bond donors (Lipinski definition) is 1. The van der Waals surface area contributed by atoms with Gasteiger partial charge < -0.3 is 10.1 Å². The van der Waals surface area contributed by atoms with Gasteiger partial charge in [-0.05, 0) is 48.2 Å². The summed E-state index contributed by atoms with van der Waals surface area (Å²) in [4.78, 5) is 37.8. The molecule has 0 radical (unpaired) electrons.